The van der Waals surface area contributed by atoms with E-state index in [1.165, 1.54) is 10.9 Å². The van der Waals surface area contributed by atoms with E-state index in [9.17, 15) is 10.1 Å². The van der Waals surface area contributed by atoms with E-state index in [1.54, 1.807) is 30.4 Å². The molecule has 0 radical (unpaired) electrons. The van der Waals surface area contributed by atoms with Crippen LogP contribution in [-0.4, -0.2) is 16.5 Å². The van der Waals surface area contributed by atoms with Crippen molar-refractivity contribution in [1.29, 1.82) is 0 Å². The first-order chi connectivity index (χ1) is 10.5. The van der Waals surface area contributed by atoms with Crippen LogP contribution in [0.15, 0.2) is 24.4 Å². The Morgan fingerprint density at radius 1 is 1.45 bits per heavy atom. The van der Waals surface area contributed by atoms with Crippen LogP contribution in [0.5, 0.6) is 5.75 Å². The van der Waals surface area contributed by atoms with Gasteiger partial charge in [-0.1, -0.05) is 6.92 Å². The van der Waals surface area contributed by atoms with E-state index in [-0.39, 0.29) is 17.5 Å². The maximum atomic E-state index is 11.0. The van der Waals surface area contributed by atoms with E-state index < -0.39 is 4.92 Å². The number of aryl methyl sites for hydroxylation is 1. The minimum absolute atomic E-state index is 0.0254. The summed E-state index contributed by atoms with van der Waals surface area (Å²) in [5.74, 6) is 0.276. The average molecular weight is 321 g/mol. The Kier molecular flexibility index (Phi) is 5.32. The highest BCUT2D eigenvalue weighted by Gasteiger charge is 2.17. The number of anilines is 1. The number of nitrogens with zero attached hydrogens (tertiary/aromatic N) is 2. The topological polar surface area (TPSA) is 77.3 Å². The summed E-state index contributed by atoms with van der Waals surface area (Å²) < 4.78 is 5.35. The smallest absolute Gasteiger partial charge is 0.311 e. The van der Waals surface area contributed by atoms with Gasteiger partial charge >= 0.3 is 5.69 Å². The first-order valence-electron chi connectivity index (χ1n) is 7.17. The Morgan fingerprint density at radius 3 is 2.82 bits per heavy atom. The minimum Gasteiger partial charge on any atom is -0.487 e. The maximum Gasteiger partial charge on any atom is 0.311 e. The highest BCUT2D eigenvalue weighted by atomic mass is 32.1. The van der Waals surface area contributed by atoms with Gasteiger partial charge < -0.3 is 10.1 Å². The van der Waals surface area contributed by atoms with Gasteiger partial charge in [-0.05, 0) is 26.3 Å². The number of nitrogens with one attached hydrogen (secondary N) is 1. The molecule has 6 nitrogen and oxygen atoms in total. The van der Waals surface area contributed by atoms with Crippen molar-refractivity contribution in [2.45, 2.75) is 33.2 Å². The highest BCUT2D eigenvalue weighted by Crippen LogP contribution is 2.32. The molecule has 22 heavy (non-hydrogen) atoms. The number of rotatable bonds is 7. The molecule has 0 fully saturated rings. The first-order valence-corrected chi connectivity index (χ1v) is 7.99. The number of ether oxygens (including phenoxy) is 1. The summed E-state index contributed by atoms with van der Waals surface area (Å²) in [7, 11) is 0. The van der Waals surface area contributed by atoms with Crippen LogP contribution in [0.3, 0.4) is 0 Å². The molecule has 1 unspecified atom stereocenters. The predicted octanol–water partition coefficient (Wildman–Crippen LogP) is 4.19. The summed E-state index contributed by atoms with van der Waals surface area (Å²) in [5, 5.41) is 15.3. The van der Waals surface area contributed by atoms with Gasteiger partial charge in [-0.15, -0.1) is 11.3 Å². The summed E-state index contributed by atoms with van der Waals surface area (Å²) >= 11 is 1.67. The lowest BCUT2D eigenvalue weighted by molar-refractivity contribution is -0.385. The number of hydrogen-bond donors (Lipinski definition) is 1. The molecular formula is C15H19N3O3S. The quantitative estimate of drug-likeness (QED) is 0.611. The summed E-state index contributed by atoms with van der Waals surface area (Å²) in [6, 6.07) is 4.83. The Bertz CT molecular complexity index is 657. The minimum atomic E-state index is -0.438. The van der Waals surface area contributed by atoms with Gasteiger partial charge in [-0.25, -0.2) is 4.98 Å². The van der Waals surface area contributed by atoms with Crippen molar-refractivity contribution in [1.82, 2.24) is 4.98 Å². The predicted molar refractivity (Wildman–Crippen MR) is 87.8 cm³/mol. The van der Waals surface area contributed by atoms with Crippen LogP contribution in [0, 0.1) is 10.1 Å². The molecule has 1 aromatic heterocycles. The number of aromatic nitrogens is 1. The fourth-order valence-electron chi connectivity index (χ4n) is 2.02. The fraction of sp³-hybridized carbons (Fsp3) is 0.400. The molecule has 1 atom stereocenters. The lowest BCUT2D eigenvalue weighted by Crippen LogP contribution is -2.07. The second-order valence-electron chi connectivity index (χ2n) is 4.76. The van der Waals surface area contributed by atoms with Gasteiger partial charge in [0.05, 0.1) is 17.6 Å². The Balaban J connectivity index is 2.18. The number of hydrogen-bond acceptors (Lipinski definition) is 6. The molecule has 1 heterocycles. The maximum absolute atomic E-state index is 11.0. The molecule has 7 heteroatoms. The Hall–Kier alpha value is -2.15. The lowest BCUT2D eigenvalue weighted by Gasteiger charge is -2.14. The van der Waals surface area contributed by atoms with Gasteiger partial charge in [-0.2, -0.15) is 0 Å². The summed E-state index contributed by atoms with van der Waals surface area (Å²) in [4.78, 5) is 16.2. The van der Waals surface area contributed by atoms with E-state index in [0.717, 1.165) is 17.1 Å². The molecule has 1 N–H and O–H groups in total. The van der Waals surface area contributed by atoms with Crippen LogP contribution in [0.4, 0.5) is 11.4 Å². The highest BCUT2D eigenvalue weighted by molar-refractivity contribution is 7.11. The Morgan fingerprint density at radius 2 is 2.23 bits per heavy atom. The summed E-state index contributed by atoms with van der Waals surface area (Å²) in [5.41, 5.74) is 0.748. The molecule has 0 saturated carbocycles. The van der Waals surface area contributed by atoms with E-state index >= 15 is 0 Å². The second-order valence-corrected chi connectivity index (χ2v) is 5.90. The monoisotopic (exact) mass is 321 g/mol. The van der Waals surface area contributed by atoms with Gasteiger partial charge in [0, 0.05) is 28.9 Å². The number of benzene rings is 1. The van der Waals surface area contributed by atoms with Crippen LogP contribution in [-0.2, 0) is 6.42 Å². The lowest BCUT2D eigenvalue weighted by atomic mass is 10.2. The van der Waals surface area contributed by atoms with Crippen molar-refractivity contribution in [3.63, 3.8) is 0 Å². The van der Waals surface area contributed by atoms with Gasteiger partial charge in [-0.3, -0.25) is 10.1 Å². The third-order valence-electron chi connectivity index (χ3n) is 3.13. The van der Waals surface area contributed by atoms with Crippen molar-refractivity contribution >= 4 is 22.7 Å². The van der Waals surface area contributed by atoms with E-state index in [2.05, 4.69) is 17.2 Å². The van der Waals surface area contributed by atoms with Gasteiger partial charge in [0.1, 0.15) is 5.01 Å². The molecule has 0 aliphatic carbocycles. The van der Waals surface area contributed by atoms with Gasteiger partial charge in [0.15, 0.2) is 5.75 Å². The SMILES string of the molecule is CCOc1cc(NC(C)c2ncc(CC)s2)ccc1[N+](=O)[O-]. The number of nitro groups is 1. The van der Waals surface area contributed by atoms with Gasteiger partial charge in [0.25, 0.3) is 0 Å². The number of thiazole rings is 1. The zero-order valence-corrected chi connectivity index (χ0v) is 13.6. The standard InChI is InChI=1S/C15H19N3O3S/c1-4-12-9-16-15(22-12)10(3)17-11-6-7-13(18(19)20)14(8-11)21-5-2/h6-10,17H,4-5H2,1-3H3. The second kappa shape index (κ2) is 7.22. The fourth-order valence-corrected chi connectivity index (χ4v) is 2.88. The van der Waals surface area contributed by atoms with Crippen LogP contribution >= 0.6 is 11.3 Å². The van der Waals surface area contributed by atoms with Crippen molar-refractivity contribution in [3.8, 4) is 5.75 Å². The molecule has 0 saturated heterocycles. The van der Waals surface area contributed by atoms with E-state index in [4.69, 9.17) is 4.74 Å². The summed E-state index contributed by atoms with van der Waals surface area (Å²) in [6.45, 7) is 6.29. The molecule has 0 spiro atoms. The average Bonchev–Trinajstić information content (AvgIpc) is 2.96. The van der Waals surface area contributed by atoms with Gasteiger partial charge in [0.2, 0.25) is 0 Å². The third-order valence-corrected chi connectivity index (χ3v) is 4.45. The van der Waals surface area contributed by atoms with E-state index in [1.807, 2.05) is 13.1 Å². The molecule has 2 rings (SSSR count). The van der Waals surface area contributed by atoms with Crippen molar-refractivity contribution in [3.05, 3.63) is 44.4 Å². The molecule has 1 aromatic carbocycles. The molecule has 0 bridgehead atoms. The zero-order valence-electron chi connectivity index (χ0n) is 12.8. The number of nitro benzene ring substituents is 1. The van der Waals surface area contributed by atoms with Crippen molar-refractivity contribution in [2.24, 2.45) is 0 Å². The Labute approximate surface area is 133 Å². The van der Waals surface area contributed by atoms with Crippen LogP contribution in [0.1, 0.15) is 36.7 Å². The van der Waals surface area contributed by atoms with Crippen LogP contribution < -0.4 is 10.1 Å². The van der Waals surface area contributed by atoms with Crippen LogP contribution in [0.25, 0.3) is 0 Å². The molecule has 0 amide bonds. The first kappa shape index (κ1) is 16.2. The molecule has 2 aromatic rings. The normalized spacial score (nSPS) is 12.0. The molecular weight excluding hydrogens is 302 g/mol. The summed E-state index contributed by atoms with van der Waals surface area (Å²) in [6.07, 6.45) is 2.86. The van der Waals surface area contributed by atoms with E-state index in [0.29, 0.717) is 6.61 Å². The van der Waals surface area contributed by atoms with Crippen molar-refractivity contribution in [2.75, 3.05) is 11.9 Å². The molecule has 118 valence electrons. The largest absolute Gasteiger partial charge is 0.487 e. The van der Waals surface area contributed by atoms with Crippen LogP contribution in [0.2, 0.25) is 0 Å². The third kappa shape index (κ3) is 3.73. The zero-order chi connectivity index (χ0) is 16.1. The molecule has 0 aliphatic rings. The molecule has 0 aliphatic heterocycles. The van der Waals surface area contributed by atoms with Crippen molar-refractivity contribution < 1.29 is 9.66 Å².